The second kappa shape index (κ2) is 5.64. The van der Waals surface area contributed by atoms with Gasteiger partial charge in [-0.3, -0.25) is 4.79 Å². The third kappa shape index (κ3) is 2.74. The lowest BCUT2D eigenvalue weighted by molar-refractivity contribution is -0.132. The van der Waals surface area contributed by atoms with Crippen LogP contribution < -0.4 is 5.43 Å². The summed E-state index contributed by atoms with van der Waals surface area (Å²) in [5.41, 5.74) is 3.25. The van der Waals surface area contributed by atoms with Gasteiger partial charge in [0.05, 0.1) is 6.54 Å². The lowest BCUT2D eigenvalue weighted by Gasteiger charge is -2.25. The minimum Gasteiger partial charge on any atom is -0.339 e. The van der Waals surface area contributed by atoms with Crippen molar-refractivity contribution in [3.63, 3.8) is 0 Å². The topological polar surface area (TPSA) is 35.6 Å². The number of nitrogens with one attached hydrogen (secondary N) is 1. The van der Waals surface area contributed by atoms with E-state index in [9.17, 15) is 4.79 Å². The Hall–Kier alpha value is -0.610. The molecule has 1 amide bonds. The van der Waals surface area contributed by atoms with Crippen molar-refractivity contribution >= 4 is 5.91 Å². The number of hydrogen-bond acceptors (Lipinski definition) is 3. The molecule has 1 unspecified atom stereocenters. The Kier molecular flexibility index (Phi) is 4.18. The normalized spacial score (nSPS) is 26.6. The van der Waals surface area contributed by atoms with Crippen molar-refractivity contribution in [3.05, 3.63) is 0 Å². The molecule has 0 aromatic rings. The standard InChI is InChI=1S/C12H23N3O/c1-2-11-6-5-9-15(11)12(16)10-13-14-7-3-4-8-14/h11,13H,2-10H2,1H3. The molecule has 4 nitrogen and oxygen atoms in total. The maximum Gasteiger partial charge on any atom is 0.238 e. The highest BCUT2D eigenvalue weighted by Gasteiger charge is 2.27. The van der Waals surface area contributed by atoms with Crippen LogP contribution in [0, 0.1) is 0 Å². The third-order valence-corrected chi connectivity index (χ3v) is 3.73. The smallest absolute Gasteiger partial charge is 0.238 e. The first-order valence-corrected chi connectivity index (χ1v) is 6.59. The fourth-order valence-electron chi connectivity index (χ4n) is 2.74. The number of likely N-dealkylation sites (tertiary alicyclic amines) is 1. The van der Waals surface area contributed by atoms with E-state index in [0.29, 0.717) is 12.6 Å². The van der Waals surface area contributed by atoms with Crippen molar-refractivity contribution in [2.45, 2.75) is 45.1 Å². The molecule has 0 spiro atoms. The Bertz CT molecular complexity index is 238. The molecule has 0 bridgehead atoms. The average molecular weight is 225 g/mol. The van der Waals surface area contributed by atoms with E-state index >= 15 is 0 Å². The molecule has 2 aliphatic rings. The highest BCUT2D eigenvalue weighted by atomic mass is 16.2. The van der Waals surface area contributed by atoms with Crippen LogP contribution in [0.2, 0.25) is 0 Å². The quantitative estimate of drug-likeness (QED) is 0.775. The highest BCUT2D eigenvalue weighted by molar-refractivity contribution is 5.78. The van der Waals surface area contributed by atoms with E-state index < -0.39 is 0 Å². The minimum absolute atomic E-state index is 0.274. The molecule has 1 atom stereocenters. The number of amides is 1. The van der Waals surface area contributed by atoms with E-state index in [2.05, 4.69) is 22.3 Å². The van der Waals surface area contributed by atoms with E-state index in [1.165, 1.54) is 25.7 Å². The lowest BCUT2D eigenvalue weighted by Crippen LogP contribution is -2.45. The van der Waals surface area contributed by atoms with Crippen molar-refractivity contribution < 1.29 is 4.79 Å². The van der Waals surface area contributed by atoms with Crippen LogP contribution in [0.25, 0.3) is 0 Å². The molecule has 2 aliphatic heterocycles. The molecule has 4 heteroatoms. The number of carbonyl (C=O) groups is 1. The van der Waals surface area contributed by atoms with Crippen molar-refractivity contribution in [2.24, 2.45) is 0 Å². The maximum absolute atomic E-state index is 12.0. The van der Waals surface area contributed by atoms with E-state index in [1.807, 2.05) is 0 Å². The third-order valence-electron chi connectivity index (χ3n) is 3.73. The number of hydrogen-bond donors (Lipinski definition) is 1. The van der Waals surface area contributed by atoms with Gasteiger partial charge in [0, 0.05) is 25.7 Å². The Labute approximate surface area is 97.9 Å². The second-order valence-corrected chi connectivity index (χ2v) is 4.82. The van der Waals surface area contributed by atoms with Crippen LogP contribution in [0.15, 0.2) is 0 Å². The van der Waals surface area contributed by atoms with Gasteiger partial charge in [-0.05, 0) is 32.1 Å². The first kappa shape index (κ1) is 11.9. The van der Waals surface area contributed by atoms with Gasteiger partial charge in [0.2, 0.25) is 5.91 Å². The van der Waals surface area contributed by atoms with Gasteiger partial charge in [0.15, 0.2) is 0 Å². The molecule has 0 aromatic heterocycles. The molecule has 2 fully saturated rings. The number of hydrazine groups is 1. The van der Waals surface area contributed by atoms with Crippen molar-refractivity contribution in [3.8, 4) is 0 Å². The van der Waals surface area contributed by atoms with Crippen LogP contribution in [-0.2, 0) is 4.79 Å². The molecule has 0 aliphatic carbocycles. The summed E-state index contributed by atoms with van der Waals surface area (Å²) in [7, 11) is 0. The fraction of sp³-hybridized carbons (Fsp3) is 0.917. The van der Waals surface area contributed by atoms with Gasteiger partial charge in [-0.15, -0.1) is 0 Å². The van der Waals surface area contributed by atoms with Crippen LogP contribution in [0.4, 0.5) is 0 Å². The molecular weight excluding hydrogens is 202 g/mol. The molecule has 0 radical (unpaired) electrons. The average Bonchev–Trinajstić information content (AvgIpc) is 2.96. The van der Waals surface area contributed by atoms with Crippen molar-refractivity contribution in [2.75, 3.05) is 26.2 Å². The molecule has 16 heavy (non-hydrogen) atoms. The monoisotopic (exact) mass is 225 g/mol. The Morgan fingerprint density at radius 1 is 1.25 bits per heavy atom. The molecule has 2 saturated heterocycles. The first-order valence-electron chi connectivity index (χ1n) is 6.59. The van der Waals surface area contributed by atoms with Gasteiger partial charge in [-0.1, -0.05) is 6.92 Å². The summed E-state index contributed by atoms with van der Waals surface area (Å²) in [6.07, 6.45) is 5.96. The van der Waals surface area contributed by atoms with Crippen LogP contribution in [-0.4, -0.2) is 48.0 Å². The second-order valence-electron chi connectivity index (χ2n) is 4.82. The number of carbonyl (C=O) groups excluding carboxylic acids is 1. The Balaban J connectivity index is 1.74. The number of nitrogens with zero attached hydrogens (tertiary/aromatic N) is 2. The lowest BCUT2D eigenvalue weighted by atomic mass is 10.2. The van der Waals surface area contributed by atoms with Crippen LogP contribution in [0.3, 0.4) is 0 Å². The first-order chi connectivity index (χ1) is 7.81. The SMILES string of the molecule is CCC1CCCN1C(=O)CNN1CCCC1. The molecular formula is C12H23N3O. The largest absolute Gasteiger partial charge is 0.339 e. The van der Waals surface area contributed by atoms with Gasteiger partial charge in [-0.25, -0.2) is 10.4 Å². The van der Waals surface area contributed by atoms with E-state index in [1.54, 1.807) is 0 Å². The summed E-state index contributed by atoms with van der Waals surface area (Å²) in [4.78, 5) is 14.1. The van der Waals surface area contributed by atoms with Gasteiger partial charge in [0.25, 0.3) is 0 Å². The van der Waals surface area contributed by atoms with Crippen molar-refractivity contribution in [1.82, 2.24) is 15.3 Å². The summed E-state index contributed by atoms with van der Waals surface area (Å²) in [6.45, 7) is 5.79. The van der Waals surface area contributed by atoms with E-state index in [0.717, 1.165) is 26.1 Å². The zero-order valence-corrected chi connectivity index (χ0v) is 10.2. The zero-order valence-electron chi connectivity index (χ0n) is 10.2. The summed E-state index contributed by atoms with van der Waals surface area (Å²) in [6, 6.07) is 0.493. The molecule has 0 aromatic carbocycles. The summed E-state index contributed by atoms with van der Waals surface area (Å²) < 4.78 is 0. The fourth-order valence-corrected chi connectivity index (χ4v) is 2.74. The molecule has 1 N–H and O–H groups in total. The van der Waals surface area contributed by atoms with Crippen LogP contribution in [0.5, 0.6) is 0 Å². The summed E-state index contributed by atoms with van der Waals surface area (Å²) >= 11 is 0. The molecule has 2 rings (SSSR count). The van der Waals surface area contributed by atoms with Crippen LogP contribution >= 0.6 is 0 Å². The van der Waals surface area contributed by atoms with Gasteiger partial charge in [0.1, 0.15) is 0 Å². The molecule has 2 heterocycles. The molecule has 0 saturated carbocycles. The van der Waals surface area contributed by atoms with E-state index in [4.69, 9.17) is 0 Å². The Morgan fingerprint density at radius 3 is 2.69 bits per heavy atom. The summed E-state index contributed by atoms with van der Waals surface area (Å²) in [5.74, 6) is 0.274. The van der Waals surface area contributed by atoms with E-state index in [-0.39, 0.29) is 5.91 Å². The van der Waals surface area contributed by atoms with Gasteiger partial charge in [-0.2, -0.15) is 0 Å². The number of rotatable bonds is 4. The highest BCUT2D eigenvalue weighted by Crippen LogP contribution is 2.19. The Morgan fingerprint density at radius 2 is 2.00 bits per heavy atom. The van der Waals surface area contributed by atoms with Gasteiger partial charge >= 0.3 is 0 Å². The van der Waals surface area contributed by atoms with Crippen LogP contribution in [0.1, 0.15) is 39.0 Å². The predicted octanol–water partition coefficient (Wildman–Crippen LogP) is 0.988. The predicted molar refractivity (Wildman–Crippen MR) is 63.8 cm³/mol. The van der Waals surface area contributed by atoms with Gasteiger partial charge < -0.3 is 4.90 Å². The summed E-state index contributed by atoms with van der Waals surface area (Å²) in [5, 5.41) is 2.18. The maximum atomic E-state index is 12.0. The minimum atomic E-state index is 0.274. The van der Waals surface area contributed by atoms with Crippen molar-refractivity contribution in [1.29, 1.82) is 0 Å². The zero-order chi connectivity index (χ0) is 11.4. The molecule has 92 valence electrons.